The Morgan fingerprint density at radius 3 is 2.45 bits per heavy atom. The lowest BCUT2D eigenvalue weighted by atomic mass is 9.82. The van der Waals surface area contributed by atoms with E-state index in [0.29, 0.717) is 25.9 Å². The number of ether oxygens (including phenoxy) is 2. The fourth-order valence-corrected chi connectivity index (χ4v) is 3.63. The van der Waals surface area contributed by atoms with Crippen LogP contribution < -0.4 is 10.1 Å². The van der Waals surface area contributed by atoms with Crippen molar-refractivity contribution in [2.45, 2.75) is 44.0 Å². The van der Waals surface area contributed by atoms with Gasteiger partial charge in [-0.2, -0.15) is 13.2 Å². The highest BCUT2D eigenvalue weighted by molar-refractivity contribution is 6.30. The van der Waals surface area contributed by atoms with Crippen LogP contribution in [0.2, 0.25) is 5.02 Å². The number of nitrogens with one attached hydrogen (secondary N) is 1. The maximum absolute atomic E-state index is 13.4. The normalized spacial score (nSPS) is 22.0. The number of hydrogen-bond donors (Lipinski definition) is 1. The Balaban J connectivity index is 1.30. The molecule has 2 fully saturated rings. The Bertz CT molecular complexity index is 794. The third-order valence-electron chi connectivity index (χ3n) is 5.47. The van der Waals surface area contributed by atoms with Gasteiger partial charge in [-0.3, -0.25) is 9.59 Å². The molecule has 0 aromatic heterocycles. The summed E-state index contributed by atoms with van der Waals surface area (Å²) in [7, 11) is 0. The summed E-state index contributed by atoms with van der Waals surface area (Å²) >= 11 is 5.59. The third-order valence-corrected chi connectivity index (χ3v) is 5.78. The number of nitrogens with zero attached hydrogens (tertiary/aromatic N) is 1. The van der Waals surface area contributed by atoms with Gasteiger partial charge in [-0.05, 0) is 37.8 Å². The molecule has 172 valence electrons. The van der Waals surface area contributed by atoms with Crippen molar-refractivity contribution in [2.75, 3.05) is 26.3 Å². The van der Waals surface area contributed by atoms with Crippen LogP contribution in [0.25, 0.3) is 0 Å². The molecule has 0 atom stereocenters. The first-order valence-corrected chi connectivity index (χ1v) is 10.3. The van der Waals surface area contributed by atoms with E-state index in [4.69, 9.17) is 21.1 Å². The minimum absolute atomic E-state index is 0.0401. The van der Waals surface area contributed by atoms with Gasteiger partial charge in [-0.1, -0.05) is 11.6 Å². The standard InChI is InChI=1S/C20H23ClF4N2O4/c21-16-2-1-14(9-17(16)22)30-10-18(28)26-13-3-5-27(6-4-13)19(29)11-31-15-7-12(8-15)20(23,24)25/h1-2,9,12-13,15H,3-8,10-11H2,(H,26,28)/t12-,15+. The van der Waals surface area contributed by atoms with Crippen molar-refractivity contribution in [1.29, 1.82) is 0 Å². The first kappa shape index (κ1) is 23.6. The van der Waals surface area contributed by atoms with Gasteiger partial charge in [-0.15, -0.1) is 0 Å². The number of hydrogen-bond acceptors (Lipinski definition) is 4. The predicted octanol–water partition coefficient (Wildman–Crippen LogP) is 3.32. The maximum atomic E-state index is 13.4. The lowest BCUT2D eigenvalue weighted by molar-refractivity contribution is -0.220. The van der Waals surface area contributed by atoms with E-state index in [2.05, 4.69) is 5.32 Å². The van der Waals surface area contributed by atoms with Gasteiger partial charge >= 0.3 is 6.18 Å². The summed E-state index contributed by atoms with van der Waals surface area (Å²) in [4.78, 5) is 25.8. The monoisotopic (exact) mass is 466 g/mol. The zero-order valence-corrected chi connectivity index (χ0v) is 17.3. The van der Waals surface area contributed by atoms with Crippen molar-refractivity contribution < 1.29 is 36.6 Å². The molecule has 0 bridgehead atoms. The molecule has 0 unspecified atom stereocenters. The van der Waals surface area contributed by atoms with Gasteiger partial charge < -0.3 is 19.7 Å². The second kappa shape index (κ2) is 10.0. The fourth-order valence-electron chi connectivity index (χ4n) is 3.51. The average molecular weight is 467 g/mol. The molecule has 1 aliphatic carbocycles. The number of carbonyl (C=O) groups excluding carboxylic acids is 2. The number of likely N-dealkylation sites (tertiary alicyclic amines) is 1. The molecule has 3 rings (SSSR count). The number of rotatable bonds is 7. The molecular formula is C20H23ClF4N2O4. The quantitative estimate of drug-likeness (QED) is 0.626. The van der Waals surface area contributed by atoms with Crippen LogP contribution in [0.3, 0.4) is 0 Å². The number of halogens is 5. The third kappa shape index (κ3) is 6.70. The second-order valence-electron chi connectivity index (χ2n) is 7.73. The van der Waals surface area contributed by atoms with E-state index in [-0.39, 0.29) is 54.7 Å². The number of amides is 2. The topological polar surface area (TPSA) is 67.9 Å². The van der Waals surface area contributed by atoms with Crippen LogP contribution in [-0.2, 0) is 14.3 Å². The molecule has 2 aliphatic rings. The molecule has 1 heterocycles. The van der Waals surface area contributed by atoms with Crippen LogP contribution in [0.15, 0.2) is 18.2 Å². The molecule has 1 aromatic carbocycles. The summed E-state index contributed by atoms with van der Waals surface area (Å²) in [5, 5.41) is 2.76. The van der Waals surface area contributed by atoms with E-state index < -0.39 is 24.0 Å². The molecule has 11 heteroatoms. The predicted molar refractivity (Wildman–Crippen MR) is 103 cm³/mol. The summed E-state index contributed by atoms with van der Waals surface area (Å²) in [5.41, 5.74) is 0. The Kier molecular flexibility index (Phi) is 7.64. The van der Waals surface area contributed by atoms with E-state index in [9.17, 15) is 27.2 Å². The van der Waals surface area contributed by atoms with E-state index in [1.165, 1.54) is 12.1 Å². The first-order valence-electron chi connectivity index (χ1n) is 9.95. The van der Waals surface area contributed by atoms with E-state index >= 15 is 0 Å². The van der Waals surface area contributed by atoms with Crippen molar-refractivity contribution >= 4 is 23.4 Å². The van der Waals surface area contributed by atoms with E-state index in [0.717, 1.165) is 6.07 Å². The van der Waals surface area contributed by atoms with Crippen LogP contribution in [0, 0.1) is 11.7 Å². The summed E-state index contributed by atoms with van der Waals surface area (Å²) in [6.07, 6.45) is -3.86. The minimum atomic E-state index is -4.20. The Hall–Kier alpha value is -2.07. The molecule has 31 heavy (non-hydrogen) atoms. The van der Waals surface area contributed by atoms with Crippen LogP contribution in [0.1, 0.15) is 25.7 Å². The summed E-state index contributed by atoms with van der Waals surface area (Å²) in [5.74, 6) is -2.43. The summed E-state index contributed by atoms with van der Waals surface area (Å²) < 4.78 is 61.3. The SMILES string of the molecule is O=C(COc1ccc(Cl)c(F)c1)NC1CCN(C(=O)CO[C@H]2C[C@@H](C(F)(F)F)C2)CC1. The van der Waals surface area contributed by atoms with Gasteiger partial charge in [0.05, 0.1) is 17.0 Å². The average Bonchev–Trinajstić information content (AvgIpc) is 2.67. The molecule has 1 N–H and O–H groups in total. The van der Waals surface area contributed by atoms with Crippen LogP contribution in [0.5, 0.6) is 5.75 Å². The molecule has 1 saturated heterocycles. The van der Waals surface area contributed by atoms with Crippen molar-refractivity contribution in [1.82, 2.24) is 10.2 Å². The molecule has 0 spiro atoms. The highest BCUT2D eigenvalue weighted by atomic mass is 35.5. The van der Waals surface area contributed by atoms with Gasteiger partial charge in [0.1, 0.15) is 18.2 Å². The highest BCUT2D eigenvalue weighted by Crippen LogP contribution is 2.42. The van der Waals surface area contributed by atoms with Gasteiger partial charge in [0.15, 0.2) is 6.61 Å². The molecule has 0 radical (unpaired) electrons. The van der Waals surface area contributed by atoms with Gasteiger partial charge in [-0.25, -0.2) is 4.39 Å². The number of benzene rings is 1. The van der Waals surface area contributed by atoms with Crippen molar-refractivity contribution in [3.05, 3.63) is 29.0 Å². The van der Waals surface area contributed by atoms with E-state index in [1.807, 2.05) is 0 Å². The zero-order valence-electron chi connectivity index (χ0n) is 16.6. The fraction of sp³-hybridized carbons (Fsp3) is 0.600. The zero-order chi connectivity index (χ0) is 22.6. The smallest absolute Gasteiger partial charge is 0.392 e. The number of alkyl halides is 3. The van der Waals surface area contributed by atoms with Crippen LogP contribution in [0.4, 0.5) is 17.6 Å². The first-order chi connectivity index (χ1) is 14.6. The van der Waals surface area contributed by atoms with Crippen LogP contribution in [-0.4, -0.2) is 61.3 Å². The van der Waals surface area contributed by atoms with Crippen molar-refractivity contribution in [2.24, 2.45) is 5.92 Å². The lowest BCUT2D eigenvalue weighted by Crippen LogP contribution is -2.49. The summed E-state index contributed by atoms with van der Waals surface area (Å²) in [6, 6.07) is 3.74. The molecule has 1 saturated carbocycles. The molecule has 2 amide bonds. The Morgan fingerprint density at radius 2 is 1.84 bits per heavy atom. The Labute approximate surface area is 181 Å². The van der Waals surface area contributed by atoms with Crippen molar-refractivity contribution in [3.8, 4) is 5.75 Å². The Morgan fingerprint density at radius 1 is 1.16 bits per heavy atom. The maximum Gasteiger partial charge on any atom is 0.392 e. The largest absolute Gasteiger partial charge is 0.484 e. The van der Waals surface area contributed by atoms with Gasteiger partial charge in [0.2, 0.25) is 5.91 Å². The van der Waals surface area contributed by atoms with Crippen LogP contribution >= 0.6 is 11.6 Å². The van der Waals surface area contributed by atoms with Crippen molar-refractivity contribution in [3.63, 3.8) is 0 Å². The van der Waals surface area contributed by atoms with E-state index in [1.54, 1.807) is 4.90 Å². The number of carbonyl (C=O) groups is 2. The molecule has 1 aromatic rings. The van der Waals surface area contributed by atoms with Gasteiger partial charge in [0, 0.05) is 25.2 Å². The minimum Gasteiger partial charge on any atom is -0.484 e. The molecular weight excluding hydrogens is 444 g/mol. The molecule has 1 aliphatic heterocycles. The molecule has 6 nitrogen and oxygen atoms in total. The highest BCUT2D eigenvalue weighted by Gasteiger charge is 2.48. The number of piperidine rings is 1. The lowest BCUT2D eigenvalue weighted by Gasteiger charge is -2.37. The van der Waals surface area contributed by atoms with Gasteiger partial charge in [0.25, 0.3) is 5.91 Å². The summed E-state index contributed by atoms with van der Waals surface area (Å²) in [6.45, 7) is 0.296. The second-order valence-corrected chi connectivity index (χ2v) is 8.14.